The van der Waals surface area contributed by atoms with Gasteiger partial charge in [-0.2, -0.15) is 5.10 Å². The Morgan fingerprint density at radius 3 is 2.76 bits per heavy atom. The molecule has 8 heteroatoms. The molecule has 0 spiro atoms. The second-order valence-electron chi connectivity index (χ2n) is 7.98. The molecule has 0 saturated carbocycles. The summed E-state index contributed by atoms with van der Waals surface area (Å²) in [5.74, 6) is 1.33. The fourth-order valence-electron chi connectivity index (χ4n) is 4.64. The van der Waals surface area contributed by atoms with Crippen molar-refractivity contribution in [2.75, 3.05) is 19.6 Å². The lowest BCUT2D eigenvalue weighted by Crippen LogP contribution is -2.37. The summed E-state index contributed by atoms with van der Waals surface area (Å²) >= 11 is 1.64. The van der Waals surface area contributed by atoms with E-state index in [-0.39, 0.29) is 23.9 Å². The van der Waals surface area contributed by atoms with Crippen LogP contribution in [0.25, 0.3) is 10.1 Å². The largest absolute Gasteiger partial charge is 0.345 e. The molecule has 5 rings (SSSR count). The van der Waals surface area contributed by atoms with Gasteiger partial charge in [-0.1, -0.05) is 6.07 Å². The van der Waals surface area contributed by atoms with E-state index in [4.69, 9.17) is 0 Å². The first-order valence-corrected chi connectivity index (χ1v) is 11.1. The van der Waals surface area contributed by atoms with E-state index in [1.54, 1.807) is 28.2 Å². The van der Waals surface area contributed by atoms with Crippen LogP contribution in [0, 0.1) is 5.82 Å². The molecule has 0 bridgehead atoms. The molecule has 0 radical (unpaired) electrons. The van der Waals surface area contributed by atoms with Crippen LogP contribution in [0.2, 0.25) is 0 Å². The molecule has 5 nitrogen and oxygen atoms in total. The van der Waals surface area contributed by atoms with Crippen LogP contribution < -0.4 is 5.69 Å². The number of thiophene rings is 1. The van der Waals surface area contributed by atoms with Crippen LogP contribution >= 0.6 is 23.7 Å². The number of aryl methyl sites for hydroxylation is 1. The van der Waals surface area contributed by atoms with Gasteiger partial charge in [-0.15, -0.1) is 23.7 Å². The van der Waals surface area contributed by atoms with Crippen LogP contribution in [0.1, 0.15) is 43.0 Å². The standard InChI is InChI=1S/C21H25FN4OS.ClH/c22-16-4-5-17-18(14-28-19(17)13-16)15-6-9-24(10-7-15)11-12-26-21(27)25-8-2-1-3-20(25)23-26;/h4-5,13-15H,1-3,6-12H2;1H. The van der Waals surface area contributed by atoms with Gasteiger partial charge in [0.25, 0.3) is 0 Å². The van der Waals surface area contributed by atoms with E-state index in [0.717, 1.165) is 68.8 Å². The van der Waals surface area contributed by atoms with Crippen molar-refractivity contribution in [1.82, 2.24) is 19.2 Å². The normalized spacial score (nSPS) is 18.0. The van der Waals surface area contributed by atoms with Crippen molar-refractivity contribution in [1.29, 1.82) is 0 Å². The van der Waals surface area contributed by atoms with Gasteiger partial charge in [0.1, 0.15) is 11.6 Å². The number of aromatic nitrogens is 3. The maximum absolute atomic E-state index is 13.4. The number of fused-ring (bicyclic) bond motifs is 2. The zero-order valence-corrected chi connectivity index (χ0v) is 18.0. The SMILES string of the molecule is Cl.O=c1n(CCN2CCC(c3csc4cc(F)ccc34)CC2)nc2n1CCCC2. The summed E-state index contributed by atoms with van der Waals surface area (Å²) in [6.07, 6.45) is 5.35. The Morgan fingerprint density at radius 2 is 1.97 bits per heavy atom. The molecule has 2 aliphatic heterocycles. The van der Waals surface area contributed by atoms with Crippen LogP contribution in [0.5, 0.6) is 0 Å². The predicted molar refractivity (Wildman–Crippen MR) is 117 cm³/mol. The third-order valence-corrected chi connectivity index (χ3v) is 7.22. The molecule has 29 heavy (non-hydrogen) atoms. The van der Waals surface area contributed by atoms with Crippen LogP contribution in [0.15, 0.2) is 28.4 Å². The van der Waals surface area contributed by atoms with E-state index in [1.165, 1.54) is 10.9 Å². The maximum Gasteiger partial charge on any atom is 0.345 e. The highest BCUT2D eigenvalue weighted by Gasteiger charge is 2.23. The van der Waals surface area contributed by atoms with Gasteiger partial charge in [0.2, 0.25) is 0 Å². The molecule has 0 N–H and O–H groups in total. The molecular formula is C21H26ClFN4OS. The van der Waals surface area contributed by atoms with Crippen LogP contribution in [-0.2, 0) is 19.5 Å². The van der Waals surface area contributed by atoms with Gasteiger partial charge < -0.3 is 4.90 Å². The first-order valence-electron chi connectivity index (χ1n) is 10.2. The van der Waals surface area contributed by atoms with Crippen LogP contribution in [0.4, 0.5) is 4.39 Å². The van der Waals surface area contributed by atoms with Gasteiger partial charge in [0, 0.05) is 24.2 Å². The summed E-state index contributed by atoms with van der Waals surface area (Å²) in [5.41, 5.74) is 1.43. The Hall–Kier alpha value is -1.70. The topological polar surface area (TPSA) is 43.1 Å². The molecule has 1 aromatic carbocycles. The van der Waals surface area contributed by atoms with E-state index in [9.17, 15) is 9.18 Å². The number of nitrogens with zero attached hydrogens (tertiary/aromatic N) is 4. The molecule has 1 saturated heterocycles. The molecule has 4 heterocycles. The van der Waals surface area contributed by atoms with E-state index < -0.39 is 0 Å². The molecule has 3 aromatic rings. The van der Waals surface area contributed by atoms with Crippen molar-refractivity contribution in [3.05, 3.63) is 51.3 Å². The molecule has 0 atom stereocenters. The number of piperidine rings is 1. The minimum absolute atomic E-state index is 0. The number of hydrogen-bond acceptors (Lipinski definition) is 4. The average Bonchev–Trinajstić information content (AvgIpc) is 3.28. The van der Waals surface area contributed by atoms with Crippen molar-refractivity contribution in [3.63, 3.8) is 0 Å². The summed E-state index contributed by atoms with van der Waals surface area (Å²) in [6.45, 7) is 4.43. The minimum Gasteiger partial charge on any atom is -0.301 e. The number of likely N-dealkylation sites (tertiary alicyclic amines) is 1. The van der Waals surface area contributed by atoms with Crippen LogP contribution in [-0.4, -0.2) is 38.9 Å². The van der Waals surface area contributed by atoms with Gasteiger partial charge in [0.05, 0.1) is 6.54 Å². The molecule has 0 aliphatic carbocycles. The lowest BCUT2D eigenvalue weighted by atomic mass is 9.89. The fourth-order valence-corrected chi connectivity index (χ4v) is 5.70. The van der Waals surface area contributed by atoms with Crippen molar-refractivity contribution >= 4 is 33.8 Å². The summed E-state index contributed by atoms with van der Waals surface area (Å²) in [6, 6.07) is 5.13. The van der Waals surface area contributed by atoms with E-state index in [1.807, 2.05) is 10.6 Å². The Kier molecular flexibility index (Phi) is 6.08. The first-order chi connectivity index (χ1) is 13.7. The van der Waals surface area contributed by atoms with Crippen LogP contribution in [0.3, 0.4) is 0 Å². The lowest BCUT2D eigenvalue weighted by Gasteiger charge is -2.31. The third kappa shape index (κ3) is 4.00. The van der Waals surface area contributed by atoms with E-state index in [0.29, 0.717) is 12.5 Å². The smallest absolute Gasteiger partial charge is 0.301 e. The summed E-state index contributed by atoms with van der Waals surface area (Å²) in [5, 5.41) is 7.96. The average molecular weight is 437 g/mol. The van der Waals surface area contributed by atoms with Crippen molar-refractivity contribution in [2.24, 2.45) is 0 Å². The van der Waals surface area contributed by atoms with E-state index >= 15 is 0 Å². The van der Waals surface area contributed by atoms with Gasteiger partial charge >= 0.3 is 5.69 Å². The van der Waals surface area contributed by atoms with Gasteiger partial charge in [-0.05, 0) is 73.2 Å². The minimum atomic E-state index is -0.160. The van der Waals surface area contributed by atoms with Gasteiger partial charge in [-0.25, -0.2) is 13.9 Å². The number of halogens is 2. The predicted octanol–water partition coefficient (Wildman–Crippen LogP) is 4.04. The molecule has 2 aromatic heterocycles. The molecule has 0 unspecified atom stereocenters. The zero-order chi connectivity index (χ0) is 19.1. The highest BCUT2D eigenvalue weighted by atomic mass is 35.5. The van der Waals surface area contributed by atoms with Gasteiger partial charge in [0.15, 0.2) is 0 Å². The maximum atomic E-state index is 13.4. The number of hydrogen-bond donors (Lipinski definition) is 0. The Morgan fingerprint density at radius 1 is 1.14 bits per heavy atom. The second kappa shape index (κ2) is 8.58. The van der Waals surface area contributed by atoms with Crippen molar-refractivity contribution in [3.8, 4) is 0 Å². The Bertz CT molecular complexity index is 1050. The highest BCUT2D eigenvalue weighted by molar-refractivity contribution is 7.17. The molecule has 156 valence electrons. The number of benzene rings is 1. The second-order valence-corrected chi connectivity index (χ2v) is 8.89. The first kappa shape index (κ1) is 20.6. The summed E-state index contributed by atoms with van der Waals surface area (Å²) in [7, 11) is 0. The Labute approximate surface area is 179 Å². The quantitative estimate of drug-likeness (QED) is 0.620. The molecule has 1 fully saturated rings. The number of rotatable bonds is 4. The Balaban J connectivity index is 0.00000205. The van der Waals surface area contributed by atoms with Crippen molar-refractivity contribution in [2.45, 2.75) is 51.1 Å². The molecule has 2 aliphatic rings. The summed E-state index contributed by atoms with van der Waals surface area (Å²) in [4.78, 5) is 14.9. The summed E-state index contributed by atoms with van der Waals surface area (Å²) < 4.78 is 18.0. The zero-order valence-electron chi connectivity index (χ0n) is 16.3. The highest BCUT2D eigenvalue weighted by Crippen LogP contribution is 2.36. The molecular weight excluding hydrogens is 411 g/mol. The molecule has 0 amide bonds. The van der Waals surface area contributed by atoms with Gasteiger partial charge in [-0.3, -0.25) is 4.57 Å². The fraction of sp³-hybridized carbons (Fsp3) is 0.524. The lowest BCUT2D eigenvalue weighted by molar-refractivity contribution is 0.202. The van der Waals surface area contributed by atoms with Crippen molar-refractivity contribution < 1.29 is 4.39 Å². The third-order valence-electron chi connectivity index (χ3n) is 6.25. The van der Waals surface area contributed by atoms with E-state index in [2.05, 4.69) is 15.4 Å². The monoisotopic (exact) mass is 436 g/mol.